The minimum atomic E-state index is 0.664. The molecule has 0 radical (unpaired) electrons. The van der Waals surface area contributed by atoms with Crippen molar-refractivity contribution in [2.24, 2.45) is 4.99 Å². The van der Waals surface area contributed by atoms with Crippen molar-refractivity contribution in [3.05, 3.63) is 11.9 Å². The Hall–Kier alpha value is -0.500. The van der Waals surface area contributed by atoms with Crippen LogP contribution >= 0.6 is 11.6 Å². The lowest BCUT2D eigenvalue weighted by Crippen LogP contribution is -2.21. The quantitative estimate of drug-likeness (QED) is 0.502. The Kier molecular flexibility index (Phi) is 1.76. The van der Waals surface area contributed by atoms with Gasteiger partial charge in [0.1, 0.15) is 5.17 Å². The number of allylic oxidation sites excluding steroid dienone is 1. The third-order valence-corrected chi connectivity index (χ3v) is 1.29. The molecule has 0 aromatic heterocycles. The average molecular weight is 145 g/mol. The minimum Gasteiger partial charge on any atom is -0.372 e. The molecule has 0 aromatic carbocycles. The van der Waals surface area contributed by atoms with Crippen molar-refractivity contribution in [2.75, 3.05) is 13.6 Å². The van der Waals surface area contributed by atoms with Gasteiger partial charge in [-0.1, -0.05) is 11.6 Å². The van der Waals surface area contributed by atoms with Crippen LogP contribution in [0, 0.1) is 0 Å². The van der Waals surface area contributed by atoms with Crippen LogP contribution in [0.5, 0.6) is 0 Å². The molecule has 1 rings (SSSR count). The molecule has 0 amide bonds. The van der Waals surface area contributed by atoms with E-state index in [1.165, 1.54) is 0 Å². The number of rotatable bonds is 0. The van der Waals surface area contributed by atoms with E-state index in [-0.39, 0.29) is 0 Å². The Labute approximate surface area is 59.8 Å². The second kappa shape index (κ2) is 2.40. The van der Waals surface area contributed by atoms with E-state index in [0.29, 0.717) is 5.17 Å². The summed E-state index contributed by atoms with van der Waals surface area (Å²) in [6, 6.07) is 0. The van der Waals surface area contributed by atoms with Crippen molar-refractivity contribution in [1.29, 1.82) is 0 Å². The molecular weight excluding hydrogens is 136 g/mol. The van der Waals surface area contributed by atoms with Crippen LogP contribution in [0.15, 0.2) is 16.9 Å². The summed E-state index contributed by atoms with van der Waals surface area (Å²) in [5, 5.41) is 0.664. The zero-order valence-corrected chi connectivity index (χ0v) is 6.31. The van der Waals surface area contributed by atoms with E-state index in [2.05, 4.69) is 4.99 Å². The molecule has 0 aliphatic carbocycles. The first-order valence-corrected chi connectivity index (χ1v) is 3.18. The van der Waals surface area contributed by atoms with Crippen LogP contribution in [-0.2, 0) is 0 Å². The lowest BCUT2D eigenvalue weighted by molar-refractivity contribution is 0.514. The zero-order chi connectivity index (χ0) is 6.85. The van der Waals surface area contributed by atoms with E-state index in [9.17, 15) is 0 Å². The molecule has 0 fully saturated rings. The Bertz CT molecular complexity index is 172. The topological polar surface area (TPSA) is 15.6 Å². The standard InChI is InChI=1S/C6H9ClN2/c1-5-3-9(2)4-6(7)8-5/h3H,4H2,1-2H3. The average Bonchev–Trinajstić information content (AvgIpc) is 1.59. The van der Waals surface area contributed by atoms with E-state index >= 15 is 0 Å². The molecule has 1 heterocycles. The molecule has 0 N–H and O–H groups in total. The normalized spacial score (nSPS) is 19.2. The summed E-state index contributed by atoms with van der Waals surface area (Å²) in [5.74, 6) is 0. The van der Waals surface area contributed by atoms with Gasteiger partial charge in [-0.3, -0.25) is 0 Å². The Morgan fingerprint density at radius 2 is 2.44 bits per heavy atom. The van der Waals surface area contributed by atoms with Gasteiger partial charge in [0, 0.05) is 13.2 Å². The van der Waals surface area contributed by atoms with Crippen LogP contribution in [0.25, 0.3) is 0 Å². The van der Waals surface area contributed by atoms with E-state index in [0.717, 1.165) is 12.2 Å². The van der Waals surface area contributed by atoms with Crippen molar-refractivity contribution in [1.82, 2.24) is 4.90 Å². The molecule has 3 heteroatoms. The number of halogens is 1. The first-order valence-electron chi connectivity index (χ1n) is 2.80. The third kappa shape index (κ3) is 1.72. The van der Waals surface area contributed by atoms with Crippen LogP contribution in [0.1, 0.15) is 6.92 Å². The number of aliphatic imine (C=N–C) groups is 1. The maximum atomic E-state index is 5.67. The van der Waals surface area contributed by atoms with E-state index in [4.69, 9.17) is 11.6 Å². The van der Waals surface area contributed by atoms with Crippen molar-refractivity contribution in [3.8, 4) is 0 Å². The van der Waals surface area contributed by atoms with Crippen LogP contribution in [0.4, 0.5) is 0 Å². The Balaban J connectivity index is 2.74. The highest BCUT2D eigenvalue weighted by Gasteiger charge is 2.03. The summed E-state index contributed by atoms with van der Waals surface area (Å²) >= 11 is 5.67. The molecular formula is C6H9ClN2. The van der Waals surface area contributed by atoms with Gasteiger partial charge in [0.2, 0.25) is 0 Å². The monoisotopic (exact) mass is 144 g/mol. The SMILES string of the molecule is CC1=CN(C)CC(Cl)=N1. The number of hydrogen-bond donors (Lipinski definition) is 0. The van der Waals surface area contributed by atoms with Gasteiger partial charge in [0.05, 0.1) is 12.2 Å². The second-order valence-corrected chi connectivity index (χ2v) is 2.61. The van der Waals surface area contributed by atoms with Crippen LogP contribution in [0.3, 0.4) is 0 Å². The van der Waals surface area contributed by atoms with E-state index in [1.54, 1.807) is 0 Å². The fourth-order valence-electron chi connectivity index (χ4n) is 0.826. The van der Waals surface area contributed by atoms with Gasteiger partial charge in [-0.05, 0) is 6.92 Å². The summed E-state index contributed by atoms with van der Waals surface area (Å²) in [7, 11) is 1.97. The van der Waals surface area contributed by atoms with Gasteiger partial charge < -0.3 is 4.90 Å². The van der Waals surface area contributed by atoms with Crippen molar-refractivity contribution in [3.63, 3.8) is 0 Å². The van der Waals surface area contributed by atoms with E-state index in [1.807, 2.05) is 25.1 Å². The van der Waals surface area contributed by atoms with Gasteiger partial charge in [0.15, 0.2) is 0 Å². The van der Waals surface area contributed by atoms with Crippen LogP contribution < -0.4 is 0 Å². The molecule has 50 valence electrons. The largest absolute Gasteiger partial charge is 0.372 e. The highest BCUT2D eigenvalue weighted by atomic mass is 35.5. The second-order valence-electron chi connectivity index (χ2n) is 2.17. The van der Waals surface area contributed by atoms with E-state index < -0.39 is 0 Å². The van der Waals surface area contributed by atoms with Crippen molar-refractivity contribution in [2.45, 2.75) is 6.92 Å². The smallest absolute Gasteiger partial charge is 0.125 e. The summed E-state index contributed by atoms with van der Waals surface area (Å²) in [4.78, 5) is 6.04. The van der Waals surface area contributed by atoms with Crippen LogP contribution in [-0.4, -0.2) is 23.7 Å². The summed E-state index contributed by atoms with van der Waals surface area (Å²) in [6.45, 7) is 2.66. The predicted octanol–water partition coefficient (Wildman–Crippen LogP) is 1.43. The first-order chi connectivity index (χ1) is 4.18. The molecule has 0 saturated carbocycles. The molecule has 1 aliphatic rings. The lowest BCUT2D eigenvalue weighted by atomic mass is 10.4. The van der Waals surface area contributed by atoms with Gasteiger partial charge in [0.25, 0.3) is 0 Å². The van der Waals surface area contributed by atoms with Crippen molar-refractivity contribution < 1.29 is 0 Å². The molecule has 2 nitrogen and oxygen atoms in total. The fraction of sp³-hybridized carbons (Fsp3) is 0.500. The van der Waals surface area contributed by atoms with Crippen molar-refractivity contribution >= 4 is 16.8 Å². The fourth-order valence-corrected chi connectivity index (χ4v) is 1.15. The molecule has 9 heavy (non-hydrogen) atoms. The third-order valence-electron chi connectivity index (χ3n) is 1.08. The molecule has 0 saturated heterocycles. The maximum absolute atomic E-state index is 5.67. The molecule has 0 bridgehead atoms. The molecule has 0 unspecified atom stereocenters. The molecule has 0 atom stereocenters. The number of nitrogens with zero attached hydrogens (tertiary/aromatic N) is 2. The van der Waals surface area contributed by atoms with Gasteiger partial charge in [-0.25, -0.2) is 4.99 Å². The van der Waals surface area contributed by atoms with Gasteiger partial charge >= 0.3 is 0 Å². The molecule has 0 aromatic rings. The molecule has 0 spiro atoms. The zero-order valence-electron chi connectivity index (χ0n) is 5.56. The van der Waals surface area contributed by atoms with Crippen LogP contribution in [0.2, 0.25) is 0 Å². The molecule has 1 aliphatic heterocycles. The summed E-state index contributed by atoms with van der Waals surface area (Å²) in [5.41, 5.74) is 0.966. The summed E-state index contributed by atoms with van der Waals surface area (Å²) < 4.78 is 0. The Morgan fingerprint density at radius 3 is 2.89 bits per heavy atom. The maximum Gasteiger partial charge on any atom is 0.125 e. The van der Waals surface area contributed by atoms with Gasteiger partial charge in [-0.2, -0.15) is 0 Å². The highest BCUT2D eigenvalue weighted by molar-refractivity contribution is 6.66. The minimum absolute atomic E-state index is 0.664. The highest BCUT2D eigenvalue weighted by Crippen LogP contribution is 2.06. The number of hydrogen-bond acceptors (Lipinski definition) is 2. The Morgan fingerprint density at radius 1 is 1.78 bits per heavy atom. The predicted molar refractivity (Wildman–Crippen MR) is 39.7 cm³/mol. The first kappa shape index (κ1) is 6.62. The summed E-state index contributed by atoms with van der Waals surface area (Å²) in [6.07, 6.45) is 1.96. The van der Waals surface area contributed by atoms with Gasteiger partial charge in [-0.15, -0.1) is 0 Å². The lowest BCUT2D eigenvalue weighted by Gasteiger charge is -2.17.